The van der Waals surface area contributed by atoms with Crippen LogP contribution in [0.5, 0.6) is 0 Å². The molecule has 2 unspecified atom stereocenters. The van der Waals surface area contributed by atoms with Crippen molar-refractivity contribution >= 4 is 11.9 Å². The lowest BCUT2D eigenvalue weighted by Crippen LogP contribution is -2.45. The number of nitrogens with one attached hydrogen (secondary N) is 1. The molecule has 69 heavy (non-hydrogen) atoms. The van der Waals surface area contributed by atoms with E-state index in [1.165, 1.54) is 250 Å². The van der Waals surface area contributed by atoms with E-state index in [1.807, 2.05) is 6.08 Å². The lowest BCUT2D eigenvalue weighted by molar-refractivity contribution is -0.143. The van der Waals surface area contributed by atoms with Crippen molar-refractivity contribution in [1.29, 1.82) is 0 Å². The topological polar surface area (TPSA) is 95.9 Å². The molecule has 0 saturated heterocycles. The van der Waals surface area contributed by atoms with Crippen molar-refractivity contribution in [1.82, 2.24) is 5.32 Å². The Hall–Kier alpha value is -1.92. The van der Waals surface area contributed by atoms with E-state index in [0.29, 0.717) is 19.4 Å². The second kappa shape index (κ2) is 58.6. The summed E-state index contributed by atoms with van der Waals surface area (Å²) < 4.78 is 5.47. The van der Waals surface area contributed by atoms with Crippen molar-refractivity contribution in [2.45, 2.75) is 341 Å². The number of unbranched alkanes of at least 4 members (excludes halogenated alkanes) is 42. The lowest BCUT2D eigenvalue weighted by atomic mass is 10.0. The molecule has 0 rings (SSSR count). The Labute approximate surface area is 430 Å². The average Bonchev–Trinajstić information content (AvgIpc) is 3.35. The zero-order chi connectivity index (χ0) is 50.0. The van der Waals surface area contributed by atoms with Gasteiger partial charge in [-0.2, -0.15) is 0 Å². The normalized spacial score (nSPS) is 12.8. The van der Waals surface area contributed by atoms with Crippen LogP contribution in [0.3, 0.4) is 0 Å². The fraction of sp³-hybridized carbons (Fsp3) is 0.873. The SMILES string of the molecule is CCCCC/C=C\C/C=C\CCCCCCCC(=O)OCCCCCCCCCCCCCCCCCCCC(=O)NC(CO)C(O)/C=C/CCCCCCCCCCCCCCCCCCCC. The average molecular weight is 971 g/mol. The van der Waals surface area contributed by atoms with Crippen LogP contribution in [0.1, 0.15) is 328 Å². The zero-order valence-corrected chi connectivity index (χ0v) is 46.3. The molecule has 1 amide bonds. The Morgan fingerprint density at radius 2 is 0.725 bits per heavy atom. The van der Waals surface area contributed by atoms with Gasteiger partial charge in [0.1, 0.15) is 0 Å². The smallest absolute Gasteiger partial charge is 0.305 e. The molecule has 0 aromatic rings. The summed E-state index contributed by atoms with van der Waals surface area (Å²) in [7, 11) is 0. The predicted molar refractivity (Wildman–Crippen MR) is 301 cm³/mol. The molecule has 2 atom stereocenters. The number of aliphatic hydroxyl groups is 2. The van der Waals surface area contributed by atoms with E-state index in [0.717, 1.165) is 51.4 Å². The molecule has 0 radical (unpaired) electrons. The van der Waals surface area contributed by atoms with Crippen molar-refractivity contribution in [2.24, 2.45) is 0 Å². The van der Waals surface area contributed by atoms with Gasteiger partial charge >= 0.3 is 5.97 Å². The molecule has 0 aromatic heterocycles. The summed E-state index contributed by atoms with van der Waals surface area (Å²) in [5, 5.41) is 23.2. The first-order valence-corrected chi connectivity index (χ1v) is 30.8. The summed E-state index contributed by atoms with van der Waals surface area (Å²) in [6.45, 7) is 4.88. The second-order valence-electron chi connectivity index (χ2n) is 21.0. The van der Waals surface area contributed by atoms with Crippen LogP contribution in [0.4, 0.5) is 0 Å². The number of ether oxygens (including phenoxy) is 1. The Bertz CT molecular complexity index is 1120. The third-order valence-electron chi connectivity index (χ3n) is 14.2. The molecule has 0 aliphatic carbocycles. The van der Waals surface area contributed by atoms with E-state index in [2.05, 4.69) is 43.5 Å². The first kappa shape index (κ1) is 67.1. The highest BCUT2D eigenvalue weighted by Crippen LogP contribution is 2.17. The van der Waals surface area contributed by atoms with Crippen molar-refractivity contribution in [2.75, 3.05) is 13.2 Å². The van der Waals surface area contributed by atoms with E-state index >= 15 is 0 Å². The quantitative estimate of drug-likeness (QED) is 0.0321. The highest BCUT2D eigenvalue weighted by molar-refractivity contribution is 5.76. The number of amides is 1. The highest BCUT2D eigenvalue weighted by Gasteiger charge is 2.18. The molecule has 6 heteroatoms. The third-order valence-corrected chi connectivity index (χ3v) is 14.2. The maximum Gasteiger partial charge on any atom is 0.305 e. The first-order valence-electron chi connectivity index (χ1n) is 30.8. The fourth-order valence-electron chi connectivity index (χ4n) is 9.43. The van der Waals surface area contributed by atoms with Crippen LogP contribution >= 0.6 is 0 Å². The van der Waals surface area contributed by atoms with E-state index in [4.69, 9.17) is 4.74 Å². The Balaban J connectivity index is 3.46. The van der Waals surface area contributed by atoms with Crippen LogP contribution in [-0.4, -0.2) is 47.4 Å². The number of hydrogen-bond donors (Lipinski definition) is 3. The minimum absolute atomic E-state index is 0.00932. The maximum atomic E-state index is 12.5. The summed E-state index contributed by atoms with van der Waals surface area (Å²) in [5.41, 5.74) is 0. The number of aliphatic hydroxyl groups excluding tert-OH is 2. The maximum absolute atomic E-state index is 12.5. The fourth-order valence-corrected chi connectivity index (χ4v) is 9.43. The van der Waals surface area contributed by atoms with E-state index in [9.17, 15) is 19.8 Å². The van der Waals surface area contributed by atoms with Crippen LogP contribution in [-0.2, 0) is 14.3 Å². The first-order chi connectivity index (χ1) is 34.0. The van der Waals surface area contributed by atoms with Crippen molar-refractivity contribution < 1.29 is 24.5 Å². The van der Waals surface area contributed by atoms with Gasteiger partial charge in [0.2, 0.25) is 5.91 Å². The summed E-state index contributed by atoms with van der Waals surface area (Å²) >= 11 is 0. The molecular formula is C63H119NO5. The number of esters is 1. The van der Waals surface area contributed by atoms with Crippen LogP contribution in [0.25, 0.3) is 0 Å². The van der Waals surface area contributed by atoms with Gasteiger partial charge in [0, 0.05) is 12.8 Å². The monoisotopic (exact) mass is 970 g/mol. The Morgan fingerprint density at radius 1 is 0.406 bits per heavy atom. The molecule has 6 nitrogen and oxygen atoms in total. The van der Waals surface area contributed by atoms with E-state index in [-0.39, 0.29) is 18.5 Å². The summed E-state index contributed by atoms with van der Waals surface area (Å²) in [4.78, 5) is 24.5. The van der Waals surface area contributed by atoms with Gasteiger partial charge in [0.15, 0.2) is 0 Å². The number of rotatable bonds is 57. The van der Waals surface area contributed by atoms with Gasteiger partial charge in [-0.05, 0) is 64.2 Å². The van der Waals surface area contributed by atoms with Gasteiger partial charge in [-0.3, -0.25) is 9.59 Å². The molecule has 0 aromatic carbocycles. The van der Waals surface area contributed by atoms with Gasteiger partial charge in [-0.25, -0.2) is 0 Å². The molecule has 406 valence electrons. The summed E-state index contributed by atoms with van der Waals surface area (Å²) in [6, 6.07) is -0.633. The van der Waals surface area contributed by atoms with Crippen LogP contribution in [0.15, 0.2) is 36.5 Å². The van der Waals surface area contributed by atoms with Crippen molar-refractivity contribution in [3.05, 3.63) is 36.5 Å². The molecule has 0 bridgehead atoms. The van der Waals surface area contributed by atoms with E-state index in [1.54, 1.807) is 6.08 Å². The van der Waals surface area contributed by atoms with Gasteiger partial charge in [0.05, 0.1) is 25.4 Å². The molecule has 0 aliphatic heterocycles. The van der Waals surface area contributed by atoms with Crippen molar-refractivity contribution in [3.8, 4) is 0 Å². The molecular weight excluding hydrogens is 851 g/mol. The number of allylic oxidation sites excluding steroid dienone is 5. The number of carbonyl (C=O) groups is 2. The minimum Gasteiger partial charge on any atom is -0.466 e. The standard InChI is InChI=1S/C63H119NO5/c1-3-5-7-9-11-13-15-17-19-20-21-22-24-28-31-35-39-43-47-51-55-61(66)60(59-65)64-62(67)56-52-48-44-40-36-32-29-25-23-26-30-34-38-42-46-50-54-58-69-63(68)57-53-49-45-41-37-33-27-18-16-14-12-10-8-6-4-2/h12,14,18,27,51,55,60-61,65-66H,3-11,13,15-17,19-26,28-50,52-54,56-59H2,1-2H3,(H,64,67)/b14-12-,27-18-,55-51+. The molecule has 0 fully saturated rings. The Kier molecular flexibility index (Phi) is 57.0. The van der Waals surface area contributed by atoms with Crippen molar-refractivity contribution in [3.63, 3.8) is 0 Å². The molecule has 0 saturated carbocycles. The number of carbonyl (C=O) groups excluding carboxylic acids is 2. The minimum atomic E-state index is -0.850. The highest BCUT2D eigenvalue weighted by atomic mass is 16.5. The molecule has 0 aliphatic rings. The van der Waals surface area contributed by atoms with Gasteiger partial charge in [-0.1, -0.05) is 288 Å². The van der Waals surface area contributed by atoms with Gasteiger partial charge < -0.3 is 20.3 Å². The van der Waals surface area contributed by atoms with Crippen LogP contribution in [0.2, 0.25) is 0 Å². The predicted octanol–water partition coefficient (Wildman–Crippen LogP) is 19.2. The molecule has 0 spiro atoms. The van der Waals surface area contributed by atoms with Gasteiger partial charge in [-0.15, -0.1) is 0 Å². The second-order valence-corrected chi connectivity index (χ2v) is 21.0. The lowest BCUT2D eigenvalue weighted by Gasteiger charge is -2.20. The Morgan fingerprint density at radius 3 is 1.13 bits per heavy atom. The third kappa shape index (κ3) is 55.2. The summed E-state index contributed by atoms with van der Waals surface area (Å²) in [5.74, 6) is -0.0807. The van der Waals surface area contributed by atoms with E-state index < -0.39 is 12.1 Å². The van der Waals surface area contributed by atoms with Gasteiger partial charge in [0.25, 0.3) is 0 Å². The number of hydrogen-bond acceptors (Lipinski definition) is 5. The molecule has 3 N–H and O–H groups in total. The summed E-state index contributed by atoms with van der Waals surface area (Å²) in [6.07, 6.45) is 73.1. The van der Waals surface area contributed by atoms with Crippen LogP contribution < -0.4 is 5.32 Å². The largest absolute Gasteiger partial charge is 0.466 e. The zero-order valence-electron chi connectivity index (χ0n) is 46.3. The molecule has 0 heterocycles. The van der Waals surface area contributed by atoms with Crippen LogP contribution in [0, 0.1) is 0 Å².